The highest BCUT2D eigenvalue weighted by Gasteiger charge is 2.51. The SMILES string of the molecule is C[C@H]1O[C@H](O[C@H]2[CH]O[C@H](CO)[C@@H](O)[C@@H]2O[C@@H]2O[C@H](CO)[C@@H](O)[C@H](O)[C@H]2O)[C@@H](O)[C@@H](O)[C@@H]1O. The third kappa shape index (κ3) is 5.08. The zero-order chi connectivity index (χ0) is 23.7. The highest BCUT2D eigenvalue weighted by molar-refractivity contribution is 4.97. The fourth-order valence-electron chi connectivity index (χ4n) is 3.78. The molecule has 0 bridgehead atoms. The Hall–Kier alpha value is -0.560. The summed E-state index contributed by atoms with van der Waals surface area (Å²) in [5, 5.41) is 89.4. The molecule has 3 heterocycles. The number of aliphatic hydroxyl groups excluding tert-OH is 9. The van der Waals surface area contributed by atoms with Crippen LogP contribution in [-0.2, 0) is 23.7 Å². The summed E-state index contributed by atoms with van der Waals surface area (Å²) in [6.07, 6.45) is -20.5. The second kappa shape index (κ2) is 10.8. The molecule has 0 amide bonds. The standard InChI is InChI=1S/C18H31O14/c1-5-9(21)12(24)14(26)17(29-5)31-8-4-28-6(2-19)11(23)16(8)32-18-15(27)13(25)10(22)7(3-20)30-18/h4-27H,2-3H2,1H3/t5-,6-,7-,8+,9-,10-,11-,12+,13+,14+,15-,16-,17-,18+/m1/s1. The Kier molecular flexibility index (Phi) is 8.79. The van der Waals surface area contributed by atoms with Gasteiger partial charge in [0.05, 0.1) is 19.3 Å². The third-order valence-electron chi connectivity index (χ3n) is 5.85. The second-order valence-electron chi connectivity index (χ2n) is 8.06. The van der Waals surface area contributed by atoms with E-state index >= 15 is 0 Å². The molecule has 0 saturated carbocycles. The molecule has 32 heavy (non-hydrogen) atoms. The molecule has 0 aromatic rings. The van der Waals surface area contributed by atoms with Gasteiger partial charge in [-0.3, -0.25) is 0 Å². The molecule has 3 saturated heterocycles. The minimum absolute atomic E-state index is 0.622. The van der Waals surface area contributed by atoms with Gasteiger partial charge in [-0.15, -0.1) is 0 Å². The van der Waals surface area contributed by atoms with Crippen molar-refractivity contribution in [2.24, 2.45) is 0 Å². The van der Waals surface area contributed by atoms with E-state index in [2.05, 4.69) is 0 Å². The first kappa shape index (κ1) is 26.1. The van der Waals surface area contributed by atoms with Crippen LogP contribution in [0.2, 0.25) is 0 Å². The van der Waals surface area contributed by atoms with Crippen LogP contribution in [0.5, 0.6) is 0 Å². The largest absolute Gasteiger partial charge is 0.394 e. The maximum absolute atomic E-state index is 10.6. The van der Waals surface area contributed by atoms with E-state index in [1.165, 1.54) is 6.92 Å². The number of aliphatic hydroxyl groups is 9. The number of ether oxygens (including phenoxy) is 5. The first-order valence-electron chi connectivity index (χ1n) is 10.2. The highest BCUT2D eigenvalue weighted by atomic mass is 16.7. The Morgan fingerprint density at radius 2 is 1.22 bits per heavy atom. The predicted molar refractivity (Wildman–Crippen MR) is 98.1 cm³/mol. The molecule has 0 aromatic heterocycles. The van der Waals surface area contributed by atoms with Crippen molar-refractivity contribution in [3.63, 3.8) is 0 Å². The lowest BCUT2D eigenvalue weighted by Gasteiger charge is -2.46. The van der Waals surface area contributed by atoms with Crippen molar-refractivity contribution in [1.82, 2.24) is 0 Å². The summed E-state index contributed by atoms with van der Waals surface area (Å²) in [5.41, 5.74) is 0. The lowest BCUT2D eigenvalue weighted by atomic mass is 9.97. The summed E-state index contributed by atoms with van der Waals surface area (Å²) >= 11 is 0. The van der Waals surface area contributed by atoms with Gasteiger partial charge in [0.15, 0.2) is 12.6 Å². The van der Waals surface area contributed by atoms with E-state index in [1.807, 2.05) is 0 Å². The Balaban J connectivity index is 1.76. The zero-order valence-corrected chi connectivity index (χ0v) is 17.1. The van der Waals surface area contributed by atoms with Crippen molar-refractivity contribution in [2.75, 3.05) is 13.2 Å². The van der Waals surface area contributed by atoms with Crippen molar-refractivity contribution in [1.29, 1.82) is 0 Å². The molecule has 14 heteroatoms. The summed E-state index contributed by atoms with van der Waals surface area (Å²) in [7, 11) is 0. The molecule has 14 nitrogen and oxygen atoms in total. The van der Waals surface area contributed by atoms with Crippen LogP contribution in [0.1, 0.15) is 6.92 Å². The summed E-state index contributed by atoms with van der Waals surface area (Å²) in [6.45, 7) is 1.16. The number of hydrogen-bond acceptors (Lipinski definition) is 14. The van der Waals surface area contributed by atoms with Crippen molar-refractivity contribution >= 4 is 0 Å². The van der Waals surface area contributed by atoms with Gasteiger partial charge in [0.2, 0.25) is 0 Å². The van der Waals surface area contributed by atoms with E-state index in [0.717, 1.165) is 6.61 Å². The quantitative estimate of drug-likeness (QED) is 0.176. The van der Waals surface area contributed by atoms with Gasteiger partial charge >= 0.3 is 0 Å². The molecule has 0 aliphatic carbocycles. The summed E-state index contributed by atoms with van der Waals surface area (Å²) < 4.78 is 27.1. The molecular weight excluding hydrogens is 440 g/mol. The first-order chi connectivity index (χ1) is 15.1. The maximum Gasteiger partial charge on any atom is 0.187 e. The monoisotopic (exact) mass is 471 g/mol. The van der Waals surface area contributed by atoms with Crippen LogP contribution < -0.4 is 0 Å². The molecule has 9 N–H and O–H groups in total. The minimum atomic E-state index is -1.77. The van der Waals surface area contributed by atoms with E-state index < -0.39 is 99.0 Å². The molecule has 187 valence electrons. The molecular formula is C18H31O14. The first-order valence-corrected chi connectivity index (χ1v) is 10.2. The van der Waals surface area contributed by atoms with Crippen molar-refractivity contribution in [3.05, 3.63) is 6.61 Å². The lowest BCUT2D eigenvalue weighted by molar-refractivity contribution is -0.354. The molecule has 3 fully saturated rings. The smallest absolute Gasteiger partial charge is 0.187 e. The summed E-state index contributed by atoms with van der Waals surface area (Å²) in [5.74, 6) is 0. The average molecular weight is 471 g/mol. The van der Waals surface area contributed by atoms with Crippen LogP contribution in [0.3, 0.4) is 0 Å². The lowest BCUT2D eigenvalue weighted by Crippen LogP contribution is -2.64. The average Bonchev–Trinajstić information content (AvgIpc) is 2.78. The maximum atomic E-state index is 10.6. The topological polar surface area (TPSA) is 228 Å². The van der Waals surface area contributed by atoms with Crippen LogP contribution in [0.25, 0.3) is 0 Å². The molecule has 0 unspecified atom stereocenters. The van der Waals surface area contributed by atoms with Gasteiger partial charge in [0, 0.05) is 0 Å². The number of rotatable bonds is 6. The van der Waals surface area contributed by atoms with Crippen LogP contribution in [-0.4, -0.2) is 145 Å². The second-order valence-corrected chi connectivity index (χ2v) is 8.06. The van der Waals surface area contributed by atoms with Gasteiger partial charge < -0.3 is 69.6 Å². The molecule has 0 spiro atoms. The van der Waals surface area contributed by atoms with Gasteiger partial charge in [0.25, 0.3) is 0 Å². The van der Waals surface area contributed by atoms with E-state index in [9.17, 15) is 46.0 Å². The van der Waals surface area contributed by atoms with Crippen molar-refractivity contribution < 1.29 is 69.6 Å². The van der Waals surface area contributed by atoms with E-state index in [-0.39, 0.29) is 0 Å². The van der Waals surface area contributed by atoms with Gasteiger partial charge in [-0.1, -0.05) is 0 Å². The Morgan fingerprint density at radius 3 is 1.81 bits per heavy atom. The minimum Gasteiger partial charge on any atom is -0.394 e. The Labute approximate surface area is 183 Å². The molecule has 3 aliphatic rings. The van der Waals surface area contributed by atoms with Gasteiger partial charge in [0.1, 0.15) is 73.8 Å². The molecule has 3 rings (SSSR count). The summed E-state index contributed by atoms with van der Waals surface area (Å²) in [4.78, 5) is 0. The molecule has 3 aliphatic heterocycles. The molecule has 1 radical (unpaired) electrons. The third-order valence-corrected chi connectivity index (χ3v) is 5.85. The number of hydrogen-bond donors (Lipinski definition) is 9. The van der Waals surface area contributed by atoms with Crippen molar-refractivity contribution in [2.45, 2.75) is 92.8 Å². The van der Waals surface area contributed by atoms with Gasteiger partial charge in [-0.2, -0.15) is 0 Å². The van der Waals surface area contributed by atoms with Gasteiger partial charge in [-0.25, -0.2) is 0 Å². The van der Waals surface area contributed by atoms with E-state index in [1.54, 1.807) is 0 Å². The van der Waals surface area contributed by atoms with Crippen LogP contribution >= 0.6 is 0 Å². The van der Waals surface area contributed by atoms with Crippen molar-refractivity contribution in [3.8, 4) is 0 Å². The van der Waals surface area contributed by atoms with E-state index in [4.69, 9.17) is 23.7 Å². The van der Waals surface area contributed by atoms with Gasteiger partial charge in [-0.05, 0) is 6.92 Å². The predicted octanol–water partition coefficient (Wildman–Crippen LogP) is -5.70. The highest BCUT2D eigenvalue weighted by Crippen LogP contribution is 2.31. The van der Waals surface area contributed by atoms with Crippen LogP contribution in [0.15, 0.2) is 0 Å². The molecule has 0 aromatic carbocycles. The Morgan fingerprint density at radius 1 is 0.656 bits per heavy atom. The zero-order valence-electron chi connectivity index (χ0n) is 17.1. The van der Waals surface area contributed by atoms with Crippen LogP contribution in [0, 0.1) is 6.61 Å². The Bertz CT molecular complexity index is 594. The van der Waals surface area contributed by atoms with Crippen LogP contribution in [0.4, 0.5) is 0 Å². The fourth-order valence-corrected chi connectivity index (χ4v) is 3.78. The fraction of sp³-hybridized carbons (Fsp3) is 0.944. The summed E-state index contributed by atoms with van der Waals surface area (Å²) in [6, 6.07) is 0. The normalized spacial score (nSPS) is 52.7. The van der Waals surface area contributed by atoms with E-state index in [0.29, 0.717) is 0 Å². The molecule has 14 atom stereocenters.